The predicted molar refractivity (Wildman–Crippen MR) is 152 cm³/mol. The summed E-state index contributed by atoms with van der Waals surface area (Å²) in [6.45, 7) is 5.43. The lowest BCUT2D eigenvalue weighted by atomic mass is 9.73. The number of rotatable bonds is 6. The number of ether oxygens (including phenoxy) is 7. The van der Waals surface area contributed by atoms with Crippen LogP contribution in [0.15, 0.2) is 30.3 Å². The highest BCUT2D eigenvalue weighted by molar-refractivity contribution is 6.31. The summed E-state index contributed by atoms with van der Waals surface area (Å²) >= 11 is 6.32. The Morgan fingerprint density at radius 2 is 1.68 bits per heavy atom. The first-order chi connectivity index (χ1) is 19.6. The summed E-state index contributed by atoms with van der Waals surface area (Å²) in [6, 6.07) is 8.51. The first kappa shape index (κ1) is 28.7. The molecule has 3 aromatic carbocycles. The Morgan fingerprint density at radius 3 is 2.32 bits per heavy atom. The molecule has 1 aliphatic carbocycles. The van der Waals surface area contributed by atoms with Crippen LogP contribution in [0.4, 0.5) is 0 Å². The number of methoxy groups -OCH3 is 4. The van der Waals surface area contributed by atoms with E-state index in [-0.39, 0.29) is 12.4 Å². The van der Waals surface area contributed by atoms with E-state index in [0.29, 0.717) is 62.6 Å². The van der Waals surface area contributed by atoms with Gasteiger partial charge in [0, 0.05) is 21.7 Å². The average Bonchev–Trinajstić information content (AvgIpc) is 3.43. The van der Waals surface area contributed by atoms with Crippen LogP contribution < -0.4 is 28.4 Å². The number of halogens is 1. The third kappa shape index (κ3) is 4.67. The Bertz CT molecular complexity index is 1510. The number of fused-ring (bicyclic) bond motifs is 4. The number of carbonyl (C=O) groups is 1. The van der Waals surface area contributed by atoms with Crippen LogP contribution in [-0.4, -0.2) is 51.9 Å². The molecule has 0 unspecified atom stereocenters. The number of hydrogen-bond donors (Lipinski definition) is 1. The number of esters is 1. The van der Waals surface area contributed by atoms with Gasteiger partial charge < -0.3 is 38.3 Å². The molecule has 41 heavy (non-hydrogen) atoms. The maximum Gasteiger partial charge on any atom is 0.338 e. The van der Waals surface area contributed by atoms with E-state index >= 15 is 0 Å². The van der Waals surface area contributed by atoms with Crippen LogP contribution in [0.25, 0.3) is 11.1 Å². The summed E-state index contributed by atoms with van der Waals surface area (Å²) in [5, 5.41) is 12.6. The minimum atomic E-state index is -1.55. The van der Waals surface area contributed by atoms with E-state index in [1.54, 1.807) is 38.3 Å². The van der Waals surface area contributed by atoms with Gasteiger partial charge >= 0.3 is 5.97 Å². The van der Waals surface area contributed by atoms with Crippen molar-refractivity contribution in [1.82, 2.24) is 0 Å². The molecule has 1 heterocycles. The zero-order valence-electron chi connectivity index (χ0n) is 24.0. The van der Waals surface area contributed by atoms with Crippen molar-refractivity contribution < 1.29 is 43.1 Å². The summed E-state index contributed by atoms with van der Waals surface area (Å²) in [7, 11) is 6.05. The van der Waals surface area contributed by atoms with Crippen LogP contribution in [-0.2, 0) is 11.2 Å². The van der Waals surface area contributed by atoms with Crippen molar-refractivity contribution in [2.75, 3.05) is 35.2 Å². The first-order valence-corrected chi connectivity index (χ1v) is 13.5. The lowest BCUT2D eigenvalue weighted by molar-refractivity contribution is -0.107. The molecule has 0 spiro atoms. The molecule has 0 amide bonds. The van der Waals surface area contributed by atoms with Crippen molar-refractivity contribution >= 4 is 17.6 Å². The number of carbonyl (C=O) groups excluding carboxylic acids is 1. The van der Waals surface area contributed by atoms with E-state index in [4.69, 9.17) is 44.8 Å². The van der Waals surface area contributed by atoms with Gasteiger partial charge in [-0.15, -0.1) is 0 Å². The molecule has 1 N–H and O–H groups in total. The van der Waals surface area contributed by atoms with Gasteiger partial charge in [0.25, 0.3) is 0 Å². The van der Waals surface area contributed by atoms with E-state index in [0.717, 1.165) is 11.1 Å². The van der Waals surface area contributed by atoms with Gasteiger partial charge in [-0.2, -0.15) is 0 Å². The third-order valence-corrected chi connectivity index (χ3v) is 8.39. The van der Waals surface area contributed by atoms with Gasteiger partial charge in [-0.05, 0) is 61.6 Å². The molecule has 5 rings (SSSR count). The Balaban J connectivity index is 1.84. The van der Waals surface area contributed by atoms with Gasteiger partial charge in [0.1, 0.15) is 5.60 Å². The van der Waals surface area contributed by atoms with Crippen molar-refractivity contribution in [2.24, 2.45) is 5.92 Å². The van der Waals surface area contributed by atoms with E-state index < -0.39 is 23.6 Å². The normalized spacial score (nSPS) is 20.7. The second-order valence-corrected chi connectivity index (χ2v) is 10.8. The van der Waals surface area contributed by atoms with Crippen LogP contribution in [0.2, 0.25) is 5.02 Å². The highest BCUT2D eigenvalue weighted by atomic mass is 35.5. The lowest BCUT2D eigenvalue weighted by Gasteiger charge is -2.41. The van der Waals surface area contributed by atoms with Gasteiger partial charge in [-0.25, -0.2) is 4.79 Å². The molecule has 3 atom stereocenters. The molecule has 3 aromatic rings. The summed E-state index contributed by atoms with van der Waals surface area (Å²) in [5.74, 6) is 1.30. The van der Waals surface area contributed by atoms with Crippen LogP contribution in [0.3, 0.4) is 0 Å². The number of aryl methyl sites for hydroxylation is 1. The fourth-order valence-electron chi connectivity index (χ4n) is 5.52. The molecule has 9 nitrogen and oxygen atoms in total. The average molecular weight is 585 g/mol. The van der Waals surface area contributed by atoms with Gasteiger partial charge in [-0.3, -0.25) is 0 Å². The number of benzene rings is 3. The Labute approximate surface area is 243 Å². The van der Waals surface area contributed by atoms with Crippen LogP contribution in [0.5, 0.6) is 34.5 Å². The van der Waals surface area contributed by atoms with Crippen molar-refractivity contribution in [2.45, 2.75) is 38.9 Å². The van der Waals surface area contributed by atoms with E-state index in [2.05, 4.69) is 0 Å². The fourth-order valence-corrected chi connectivity index (χ4v) is 5.70. The summed E-state index contributed by atoms with van der Waals surface area (Å²) in [4.78, 5) is 13.6. The molecule has 0 saturated carbocycles. The van der Waals surface area contributed by atoms with Crippen LogP contribution in [0, 0.1) is 12.8 Å². The zero-order chi connectivity index (χ0) is 29.6. The molecule has 2 aliphatic rings. The molecule has 0 bridgehead atoms. The van der Waals surface area contributed by atoms with Crippen molar-refractivity contribution in [1.29, 1.82) is 0 Å². The molecule has 0 fully saturated rings. The Kier molecular flexibility index (Phi) is 7.61. The second-order valence-electron chi connectivity index (χ2n) is 10.4. The van der Waals surface area contributed by atoms with E-state index in [9.17, 15) is 9.90 Å². The SMILES string of the molecule is COc1cc2c(c(OC)c1OC)-c1c(cc3c(c1OC)OCO3)C[C@H](C)[C@](C)(O)[C@H]2OC(=O)c1ccc(C)c(Cl)c1. The van der Waals surface area contributed by atoms with Crippen molar-refractivity contribution in [3.05, 3.63) is 57.6 Å². The summed E-state index contributed by atoms with van der Waals surface area (Å²) in [5.41, 5.74) is 1.92. The topological polar surface area (TPSA) is 102 Å². The Morgan fingerprint density at radius 1 is 0.976 bits per heavy atom. The minimum absolute atomic E-state index is 0.0388. The van der Waals surface area contributed by atoms with Gasteiger partial charge in [0.15, 0.2) is 29.1 Å². The third-order valence-electron chi connectivity index (χ3n) is 7.99. The summed E-state index contributed by atoms with van der Waals surface area (Å²) in [6.07, 6.45) is -0.784. The molecule has 218 valence electrons. The minimum Gasteiger partial charge on any atom is -0.493 e. The molecule has 1 aliphatic heterocycles. The molecular weight excluding hydrogens is 552 g/mol. The molecule has 0 aromatic heterocycles. The van der Waals surface area contributed by atoms with Gasteiger partial charge in [0.2, 0.25) is 18.3 Å². The molecular formula is C31H33ClO9. The number of hydrogen-bond acceptors (Lipinski definition) is 9. The highest BCUT2D eigenvalue weighted by Crippen LogP contribution is 2.59. The van der Waals surface area contributed by atoms with E-state index in [1.807, 2.05) is 19.9 Å². The van der Waals surface area contributed by atoms with Crippen molar-refractivity contribution in [3.63, 3.8) is 0 Å². The maximum absolute atomic E-state index is 13.6. The largest absolute Gasteiger partial charge is 0.493 e. The van der Waals surface area contributed by atoms with Gasteiger partial charge in [0.05, 0.1) is 34.0 Å². The number of aliphatic hydroxyl groups is 1. The van der Waals surface area contributed by atoms with Crippen LogP contribution in [0.1, 0.15) is 47.0 Å². The quantitative estimate of drug-likeness (QED) is 0.354. The standard InChI is InChI=1S/C31H33ClO9/c1-15-8-9-17(11-20(15)32)30(33)41-29-19-13-21(35-4)25(36-5)28(38-7)24(19)23-18(10-16(2)31(29,3)34)12-22-26(27(23)37-6)40-14-39-22/h8-9,11-13,16,29,34H,10,14H2,1-7H3/t16-,29-,31-/m0/s1. The maximum atomic E-state index is 13.6. The fraction of sp³-hybridized carbons (Fsp3) is 0.387. The van der Waals surface area contributed by atoms with Crippen LogP contribution >= 0.6 is 11.6 Å². The van der Waals surface area contributed by atoms with Crippen molar-refractivity contribution in [3.8, 4) is 45.6 Å². The monoisotopic (exact) mass is 584 g/mol. The summed E-state index contributed by atoms with van der Waals surface area (Å²) < 4.78 is 40.9. The smallest absolute Gasteiger partial charge is 0.338 e. The highest BCUT2D eigenvalue weighted by Gasteiger charge is 2.47. The second kappa shape index (κ2) is 10.9. The Hall–Kier alpha value is -3.82. The van der Waals surface area contributed by atoms with Gasteiger partial charge in [-0.1, -0.05) is 24.6 Å². The zero-order valence-corrected chi connectivity index (χ0v) is 24.8. The molecule has 10 heteroatoms. The van der Waals surface area contributed by atoms with E-state index in [1.165, 1.54) is 21.3 Å². The molecule has 0 saturated heterocycles. The molecule has 0 radical (unpaired) electrons. The lowest BCUT2D eigenvalue weighted by Crippen LogP contribution is -2.43. The predicted octanol–water partition coefficient (Wildman–Crippen LogP) is 5.92. The first-order valence-electron chi connectivity index (χ1n) is 13.1.